The van der Waals surface area contributed by atoms with E-state index < -0.39 is 29.6 Å². The molecule has 1 aliphatic carbocycles. The number of aromatic nitrogens is 2. The first kappa shape index (κ1) is 25.0. The molecule has 2 unspecified atom stereocenters. The van der Waals surface area contributed by atoms with Crippen LogP contribution in [0.3, 0.4) is 0 Å². The summed E-state index contributed by atoms with van der Waals surface area (Å²) >= 11 is 0. The van der Waals surface area contributed by atoms with Crippen molar-refractivity contribution < 1.29 is 26.7 Å². The summed E-state index contributed by atoms with van der Waals surface area (Å²) in [5.41, 5.74) is 0.329. The number of carbonyl (C=O) groups excluding carboxylic acids is 1. The van der Waals surface area contributed by atoms with Crippen molar-refractivity contribution >= 4 is 16.8 Å². The van der Waals surface area contributed by atoms with Crippen LogP contribution in [0.25, 0.3) is 10.9 Å². The van der Waals surface area contributed by atoms with Crippen molar-refractivity contribution in [1.82, 2.24) is 15.3 Å². The maximum Gasteiger partial charge on any atom is 0.433 e. The van der Waals surface area contributed by atoms with E-state index in [1.165, 1.54) is 6.07 Å². The van der Waals surface area contributed by atoms with Gasteiger partial charge in [-0.15, -0.1) is 0 Å². The van der Waals surface area contributed by atoms with Crippen LogP contribution in [-0.2, 0) is 6.18 Å². The minimum absolute atomic E-state index is 0.0800. The summed E-state index contributed by atoms with van der Waals surface area (Å²) in [5, 5.41) is 3.70. The number of hydrogen-bond donors (Lipinski definition) is 1. The van der Waals surface area contributed by atoms with Gasteiger partial charge in [0.25, 0.3) is 5.91 Å². The minimum Gasteiger partial charge on any atom is -0.350 e. The van der Waals surface area contributed by atoms with Crippen LogP contribution in [0.15, 0.2) is 54.7 Å². The SMILES string of the molecule is O=C(NCC(c1ccc(C(F)(F)F)nc1)C1CCCCC(F)(F)CC1)c1ccc2ccccc2n1. The Balaban J connectivity index is 1.56. The summed E-state index contributed by atoms with van der Waals surface area (Å²) in [6, 6.07) is 13.0. The Labute approximate surface area is 200 Å². The van der Waals surface area contributed by atoms with Crippen molar-refractivity contribution in [1.29, 1.82) is 0 Å². The zero-order valence-corrected chi connectivity index (χ0v) is 19.0. The number of amides is 1. The summed E-state index contributed by atoms with van der Waals surface area (Å²) in [5.74, 6) is -3.88. The summed E-state index contributed by atoms with van der Waals surface area (Å²) in [6.07, 6.45) is -2.05. The topological polar surface area (TPSA) is 54.9 Å². The van der Waals surface area contributed by atoms with Crippen molar-refractivity contribution in [2.24, 2.45) is 5.92 Å². The molecule has 0 saturated heterocycles. The molecule has 1 fully saturated rings. The highest BCUT2D eigenvalue weighted by molar-refractivity contribution is 5.94. The molecule has 0 spiro atoms. The molecule has 186 valence electrons. The molecule has 4 nitrogen and oxygen atoms in total. The third kappa shape index (κ3) is 6.32. The van der Waals surface area contributed by atoms with E-state index in [1.54, 1.807) is 18.2 Å². The molecule has 2 atom stereocenters. The molecule has 1 aliphatic rings. The van der Waals surface area contributed by atoms with E-state index in [4.69, 9.17) is 0 Å². The van der Waals surface area contributed by atoms with E-state index in [1.807, 2.05) is 18.2 Å². The van der Waals surface area contributed by atoms with Crippen LogP contribution in [0.1, 0.15) is 66.2 Å². The largest absolute Gasteiger partial charge is 0.433 e. The van der Waals surface area contributed by atoms with Gasteiger partial charge in [0.15, 0.2) is 0 Å². The Kier molecular flexibility index (Phi) is 7.33. The third-order valence-electron chi connectivity index (χ3n) is 6.64. The van der Waals surface area contributed by atoms with Gasteiger partial charge in [-0.1, -0.05) is 36.8 Å². The Morgan fingerprint density at radius 3 is 2.57 bits per heavy atom. The molecule has 2 aromatic heterocycles. The zero-order valence-electron chi connectivity index (χ0n) is 19.0. The number of nitrogens with zero attached hydrogens (tertiary/aromatic N) is 2. The van der Waals surface area contributed by atoms with Crippen LogP contribution in [0.5, 0.6) is 0 Å². The Hall–Kier alpha value is -3.10. The number of carbonyl (C=O) groups is 1. The first-order valence-corrected chi connectivity index (χ1v) is 11.7. The maximum absolute atomic E-state index is 14.1. The van der Waals surface area contributed by atoms with Gasteiger partial charge in [0.05, 0.1) is 5.52 Å². The lowest BCUT2D eigenvalue weighted by molar-refractivity contribution is -0.141. The second-order valence-electron chi connectivity index (χ2n) is 9.08. The van der Waals surface area contributed by atoms with Crippen molar-refractivity contribution in [3.05, 3.63) is 71.7 Å². The molecule has 9 heteroatoms. The molecule has 1 amide bonds. The Bertz CT molecular complexity index is 1160. The number of rotatable bonds is 5. The van der Waals surface area contributed by atoms with Crippen LogP contribution < -0.4 is 5.32 Å². The van der Waals surface area contributed by atoms with Gasteiger partial charge < -0.3 is 5.32 Å². The molecular weight excluding hydrogens is 465 g/mol. The van der Waals surface area contributed by atoms with Crippen LogP contribution >= 0.6 is 0 Å². The fraction of sp³-hybridized carbons (Fsp3) is 0.423. The number of para-hydroxylation sites is 1. The van der Waals surface area contributed by atoms with Crippen LogP contribution in [0.2, 0.25) is 0 Å². The second-order valence-corrected chi connectivity index (χ2v) is 9.08. The van der Waals surface area contributed by atoms with Crippen molar-refractivity contribution in [2.45, 2.75) is 56.5 Å². The summed E-state index contributed by atoms with van der Waals surface area (Å²) < 4.78 is 67.2. The molecule has 0 radical (unpaired) electrons. The monoisotopic (exact) mass is 491 g/mol. The molecule has 2 heterocycles. The number of benzene rings is 1. The summed E-state index contributed by atoms with van der Waals surface area (Å²) in [7, 11) is 0. The van der Waals surface area contributed by atoms with Crippen LogP contribution in [-0.4, -0.2) is 28.3 Å². The van der Waals surface area contributed by atoms with Crippen LogP contribution in [0, 0.1) is 5.92 Å². The van der Waals surface area contributed by atoms with Gasteiger partial charge in [-0.25, -0.2) is 13.8 Å². The molecular formula is C26H26F5N3O. The highest BCUT2D eigenvalue weighted by atomic mass is 19.4. The van der Waals surface area contributed by atoms with Gasteiger partial charge in [-0.3, -0.25) is 9.78 Å². The molecule has 0 aliphatic heterocycles. The smallest absolute Gasteiger partial charge is 0.350 e. The molecule has 1 aromatic carbocycles. The molecule has 0 bridgehead atoms. The van der Waals surface area contributed by atoms with Crippen molar-refractivity contribution in [2.75, 3.05) is 6.54 Å². The number of hydrogen-bond acceptors (Lipinski definition) is 3. The number of pyridine rings is 2. The average molecular weight is 492 g/mol. The molecule has 1 saturated carbocycles. The second kappa shape index (κ2) is 10.3. The Morgan fingerprint density at radius 2 is 1.83 bits per heavy atom. The lowest BCUT2D eigenvalue weighted by Crippen LogP contribution is -2.33. The van der Waals surface area contributed by atoms with Gasteiger partial charge in [-0.2, -0.15) is 13.2 Å². The van der Waals surface area contributed by atoms with Gasteiger partial charge in [-0.05, 0) is 48.9 Å². The first-order valence-electron chi connectivity index (χ1n) is 11.7. The number of fused-ring (bicyclic) bond motifs is 1. The van der Waals surface area contributed by atoms with Gasteiger partial charge in [0, 0.05) is 36.9 Å². The van der Waals surface area contributed by atoms with Gasteiger partial charge in [0.1, 0.15) is 11.4 Å². The molecule has 1 N–H and O–H groups in total. The van der Waals surface area contributed by atoms with E-state index >= 15 is 0 Å². The predicted molar refractivity (Wildman–Crippen MR) is 122 cm³/mol. The van der Waals surface area contributed by atoms with E-state index in [0.717, 1.165) is 17.6 Å². The van der Waals surface area contributed by atoms with Gasteiger partial charge in [0.2, 0.25) is 5.92 Å². The van der Waals surface area contributed by atoms with E-state index in [2.05, 4.69) is 15.3 Å². The summed E-state index contributed by atoms with van der Waals surface area (Å²) in [6.45, 7) is 0.0800. The normalized spacial score (nSPS) is 19.5. The third-order valence-corrected chi connectivity index (χ3v) is 6.64. The molecule has 35 heavy (non-hydrogen) atoms. The first-order chi connectivity index (χ1) is 16.6. The standard InChI is InChI=1S/C26H26F5N3O/c27-25(28)13-4-3-5-17(12-14-25)20(19-9-11-23(32-15-19)26(29,30)31)16-33-24(35)22-10-8-18-6-1-2-7-21(18)34-22/h1-2,6-11,15,17,20H,3-5,12-14,16H2,(H,33,35). The van der Waals surface area contributed by atoms with E-state index in [-0.39, 0.29) is 37.4 Å². The fourth-order valence-electron chi connectivity index (χ4n) is 4.69. The number of nitrogens with one attached hydrogen (secondary N) is 1. The van der Waals surface area contributed by atoms with E-state index in [9.17, 15) is 26.7 Å². The van der Waals surface area contributed by atoms with Crippen LogP contribution in [0.4, 0.5) is 22.0 Å². The van der Waals surface area contributed by atoms with Crippen molar-refractivity contribution in [3.63, 3.8) is 0 Å². The maximum atomic E-state index is 14.1. The minimum atomic E-state index is -4.58. The zero-order chi connectivity index (χ0) is 25.1. The molecule has 3 aromatic rings. The van der Waals surface area contributed by atoms with E-state index in [0.29, 0.717) is 30.3 Å². The molecule has 4 rings (SSSR count). The number of halogens is 5. The number of alkyl halides is 5. The highest BCUT2D eigenvalue weighted by Gasteiger charge is 2.35. The Morgan fingerprint density at radius 1 is 1.03 bits per heavy atom. The highest BCUT2D eigenvalue weighted by Crippen LogP contribution is 2.39. The quantitative estimate of drug-likeness (QED) is 0.401. The lowest BCUT2D eigenvalue weighted by atomic mass is 9.78. The predicted octanol–water partition coefficient (Wildman–Crippen LogP) is 6.77. The van der Waals surface area contributed by atoms with Crippen molar-refractivity contribution in [3.8, 4) is 0 Å². The van der Waals surface area contributed by atoms with Gasteiger partial charge >= 0.3 is 6.18 Å². The fourth-order valence-corrected chi connectivity index (χ4v) is 4.69. The summed E-state index contributed by atoms with van der Waals surface area (Å²) in [4.78, 5) is 20.8. The average Bonchev–Trinajstić information content (AvgIpc) is 2.82. The lowest BCUT2D eigenvalue weighted by Gasteiger charge is -2.31.